The Morgan fingerprint density at radius 3 is 1.68 bits per heavy atom. The molecule has 0 fully saturated rings. The van der Waals surface area contributed by atoms with Gasteiger partial charge in [0.05, 0.1) is 11.4 Å². The molecule has 6 aromatic rings. The van der Waals surface area contributed by atoms with Gasteiger partial charge in [0.15, 0.2) is 0 Å². The number of rotatable bonds is 1. The minimum atomic E-state index is 0.000975. The number of aromatic amines is 2. The molecule has 4 heteroatoms. The molecule has 2 N–H and O–H groups in total. The monoisotopic (exact) mass is 494 g/mol. The highest BCUT2D eigenvalue weighted by molar-refractivity contribution is 5.93. The van der Waals surface area contributed by atoms with E-state index in [-0.39, 0.29) is 11.1 Å². The van der Waals surface area contributed by atoms with Crippen LogP contribution in [0.1, 0.15) is 34.7 Å². The van der Waals surface area contributed by atoms with Gasteiger partial charge in [-0.2, -0.15) is 0 Å². The Kier molecular flexibility index (Phi) is 5.15. The van der Waals surface area contributed by atoms with E-state index in [0.29, 0.717) is 0 Å². The van der Waals surface area contributed by atoms with Crippen LogP contribution in [0.3, 0.4) is 0 Å². The van der Waals surface area contributed by atoms with Gasteiger partial charge < -0.3 is 9.97 Å². The van der Waals surface area contributed by atoms with Crippen LogP contribution >= 0.6 is 0 Å². The SMILES string of the molecule is CCc1ccc2c(c1)Cc1c-2[nH]c(=O)c2ccccc12.O=c1[nH]c2c(c3ccccc13)Cc1ccccc1-2. The number of H-pyrrole nitrogens is 2. The lowest BCUT2D eigenvalue weighted by Crippen LogP contribution is -2.08. The van der Waals surface area contributed by atoms with E-state index >= 15 is 0 Å². The van der Waals surface area contributed by atoms with Crippen LogP contribution in [0.15, 0.2) is 101 Å². The highest BCUT2D eigenvalue weighted by Crippen LogP contribution is 2.39. The largest absolute Gasteiger partial charge is 0.321 e. The highest BCUT2D eigenvalue weighted by atomic mass is 16.1. The minimum Gasteiger partial charge on any atom is -0.321 e. The van der Waals surface area contributed by atoms with E-state index in [0.717, 1.165) is 57.8 Å². The molecule has 2 aromatic heterocycles. The van der Waals surface area contributed by atoms with Crippen molar-refractivity contribution in [3.63, 3.8) is 0 Å². The van der Waals surface area contributed by atoms with Crippen molar-refractivity contribution in [2.45, 2.75) is 26.2 Å². The molecule has 0 spiro atoms. The quantitative estimate of drug-likeness (QED) is 0.265. The van der Waals surface area contributed by atoms with Crippen LogP contribution in [0.2, 0.25) is 0 Å². The predicted octanol–water partition coefficient (Wildman–Crippen LogP) is 6.76. The number of hydrogen-bond acceptors (Lipinski definition) is 2. The topological polar surface area (TPSA) is 65.7 Å². The number of hydrogen-bond donors (Lipinski definition) is 2. The fourth-order valence-corrected chi connectivity index (χ4v) is 6.05. The minimum absolute atomic E-state index is 0.000975. The number of pyridine rings is 2. The predicted molar refractivity (Wildman–Crippen MR) is 155 cm³/mol. The lowest BCUT2D eigenvalue weighted by molar-refractivity contribution is 1.12. The summed E-state index contributed by atoms with van der Waals surface area (Å²) >= 11 is 0. The summed E-state index contributed by atoms with van der Waals surface area (Å²) in [6, 6.07) is 30.5. The van der Waals surface area contributed by atoms with E-state index < -0.39 is 0 Å². The second-order valence-electron chi connectivity index (χ2n) is 10.1. The Morgan fingerprint density at radius 1 is 0.579 bits per heavy atom. The Morgan fingerprint density at radius 2 is 1.08 bits per heavy atom. The zero-order valence-corrected chi connectivity index (χ0v) is 21.1. The molecule has 0 radical (unpaired) electrons. The summed E-state index contributed by atoms with van der Waals surface area (Å²) in [5.41, 5.74) is 10.8. The molecule has 8 rings (SSSR count). The smallest absolute Gasteiger partial charge is 0.256 e. The third-order valence-corrected chi connectivity index (χ3v) is 7.94. The summed E-state index contributed by atoms with van der Waals surface area (Å²) in [5, 5.41) is 3.73. The first-order valence-corrected chi connectivity index (χ1v) is 13.1. The van der Waals surface area contributed by atoms with Gasteiger partial charge >= 0.3 is 0 Å². The van der Waals surface area contributed by atoms with Crippen LogP contribution in [0.4, 0.5) is 0 Å². The van der Waals surface area contributed by atoms with Crippen LogP contribution in [0.5, 0.6) is 0 Å². The molecule has 2 aliphatic rings. The van der Waals surface area contributed by atoms with Gasteiger partial charge in [-0.1, -0.05) is 85.8 Å². The van der Waals surface area contributed by atoms with Crippen molar-refractivity contribution in [3.05, 3.63) is 140 Å². The molecule has 2 heterocycles. The number of aromatic nitrogens is 2. The van der Waals surface area contributed by atoms with Crippen molar-refractivity contribution in [1.29, 1.82) is 0 Å². The average molecular weight is 495 g/mol. The van der Waals surface area contributed by atoms with Crippen molar-refractivity contribution in [3.8, 4) is 22.5 Å². The summed E-state index contributed by atoms with van der Waals surface area (Å²) < 4.78 is 0. The first-order valence-electron chi connectivity index (χ1n) is 13.1. The van der Waals surface area contributed by atoms with Crippen LogP contribution in [-0.4, -0.2) is 9.97 Å². The summed E-state index contributed by atoms with van der Waals surface area (Å²) in [6.07, 6.45) is 2.86. The molecule has 0 saturated carbocycles. The van der Waals surface area contributed by atoms with Crippen LogP contribution in [0, 0.1) is 0 Å². The molecular weight excluding hydrogens is 468 g/mol. The Hall–Kier alpha value is -4.70. The molecule has 0 aliphatic heterocycles. The van der Waals surface area contributed by atoms with Gasteiger partial charge in [0.1, 0.15) is 0 Å². The Balaban J connectivity index is 0.000000128. The van der Waals surface area contributed by atoms with E-state index in [1.165, 1.54) is 33.4 Å². The second-order valence-corrected chi connectivity index (χ2v) is 10.1. The van der Waals surface area contributed by atoms with Gasteiger partial charge in [-0.05, 0) is 57.1 Å². The first kappa shape index (κ1) is 22.5. The zero-order chi connectivity index (χ0) is 25.8. The fraction of sp³-hybridized carbons (Fsp3) is 0.118. The summed E-state index contributed by atoms with van der Waals surface area (Å²) in [4.78, 5) is 30.4. The molecule has 38 heavy (non-hydrogen) atoms. The number of benzene rings is 4. The molecule has 0 saturated heterocycles. The number of nitrogens with one attached hydrogen (secondary N) is 2. The molecule has 0 atom stereocenters. The number of fused-ring (bicyclic) bond motifs is 10. The van der Waals surface area contributed by atoms with Gasteiger partial charge in [0.2, 0.25) is 0 Å². The van der Waals surface area contributed by atoms with Crippen molar-refractivity contribution in [2.24, 2.45) is 0 Å². The molecule has 0 bridgehead atoms. The van der Waals surface area contributed by atoms with Crippen molar-refractivity contribution in [1.82, 2.24) is 9.97 Å². The molecule has 0 unspecified atom stereocenters. The third kappa shape index (κ3) is 3.45. The Labute approximate surface area is 219 Å². The average Bonchev–Trinajstić information content (AvgIpc) is 3.52. The van der Waals surface area contributed by atoms with Gasteiger partial charge in [-0.15, -0.1) is 0 Å². The zero-order valence-electron chi connectivity index (χ0n) is 21.1. The normalized spacial score (nSPS) is 12.4. The van der Waals surface area contributed by atoms with Crippen LogP contribution in [0.25, 0.3) is 44.1 Å². The number of aryl methyl sites for hydroxylation is 1. The summed E-state index contributed by atoms with van der Waals surface area (Å²) in [6.45, 7) is 2.17. The first-order chi connectivity index (χ1) is 18.6. The molecule has 184 valence electrons. The molecule has 2 aliphatic carbocycles. The maximum atomic E-state index is 12.2. The van der Waals surface area contributed by atoms with Crippen LogP contribution in [-0.2, 0) is 19.3 Å². The molecule has 4 aromatic carbocycles. The van der Waals surface area contributed by atoms with E-state index in [1.807, 2.05) is 54.6 Å². The Bertz CT molecular complexity index is 2010. The second kappa shape index (κ2) is 8.70. The van der Waals surface area contributed by atoms with Gasteiger partial charge in [0.25, 0.3) is 11.1 Å². The van der Waals surface area contributed by atoms with Gasteiger partial charge in [-0.3, -0.25) is 9.59 Å². The van der Waals surface area contributed by atoms with E-state index in [4.69, 9.17) is 0 Å². The fourth-order valence-electron chi connectivity index (χ4n) is 6.05. The lowest BCUT2D eigenvalue weighted by atomic mass is 10.0. The van der Waals surface area contributed by atoms with E-state index in [1.54, 1.807) is 0 Å². The summed E-state index contributed by atoms with van der Waals surface area (Å²) in [7, 11) is 0. The highest BCUT2D eigenvalue weighted by Gasteiger charge is 2.23. The summed E-state index contributed by atoms with van der Waals surface area (Å²) in [5.74, 6) is 0. The van der Waals surface area contributed by atoms with Crippen molar-refractivity contribution in [2.75, 3.05) is 0 Å². The third-order valence-electron chi connectivity index (χ3n) is 7.94. The molecular formula is C34H26N2O2. The molecule has 0 amide bonds. The van der Waals surface area contributed by atoms with Crippen molar-refractivity contribution >= 4 is 21.5 Å². The van der Waals surface area contributed by atoms with Gasteiger partial charge in [0, 0.05) is 34.7 Å². The maximum absolute atomic E-state index is 12.2. The molecule has 4 nitrogen and oxygen atoms in total. The van der Waals surface area contributed by atoms with Crippen LogP contribution < -0.4 is 11.1 Å². The maximum Gasteiger partial charge on any atom is 0.256 e. The van der Waals surface area contributed by atoms with E-state index in [2.05, 4.69) is 53.3 Å². The van der Waals surface area contributed by atoms with Gasteiger partial charge in [-0.25, -0.2) is 0 Å². The lowest BCUT2D eigenvalue weighted by Gasteiger charge is -2.05. The van der Waals surface area contributed by atoms with E-state index in [9.17, 15) is 9.59 Å². The standard InChI is InChI=1S/C18H15NO.C16H11NO/c1-2-11-7-8-13-12(9-11)10-16-14-5-3-4-6-15(14)18(20)19-17(13)16;18-16-13-8-4-3-7-12(13)14-9-10-5-1-2-6-11(10)15(14)17-16/h3-9H,2,10H2,1H3,(H,19,20);1-8H,9H2,(H,17,18). The van der Waals surface area contributed by atoms with Crippen molar-refractivity contribution < 1.29 is 0 Å².